The predicted molar refractivity (Wildman–Crippen MR) is 88.8 cm³/mol. The van der Waals surface area contributed by atoms with Gasteiger partial charge in [-0.2, -0.15) is 4.31 Å². The molecule has 0 saturated carbocycles. The van der Waals surface area contributed by atoms with E-state index in [0.717, 1.165) is 32.2 Å². The number of benzene rings is 1. The van der Waals surface area contributed by atoms with Gasteiger partial charge in [-0.15, -0.1) is 0 Å². The van der Waals surface area contributed by atoms with Crippen LogP contribution in [-0.2, 0) is 10.0 Å². The average Bonchev–Trinajstić information content (AvgIpc) is 2.96. The second-order valence-electron chi connectivity index (χ2n) is 5.44. The second-order valence-corrected chi connectivity index (χ2v) is 8.20. The molecule has 2 rings (SSSR count). The van der Waals surface area contributed by atoms with Crippen LogP contribution in [0.2, 0.25) is 0 Å². The first-order valence-corrected chi connectivity index (χ1v) is 9.77. The van der Waals surface area contributed by atoms with Crippen LogP contribution in [0, 0.1) is 0 Å². The highest BCUT2D eigenvalue weighted by Crippen LogP contribution is 2.25. The fourth-order valence-electron chi connectivity index (χ4n) is 2.60. The van der Waals surface area contributed by atoms with E-state index in [1.54, 1.807) is 22.5 Å². The Labute approximate surface area is 136 Å². The van der Waals surface area contributed by atoms with E-state index in [4.69, 9.17) is 0 Å². The maximum atomic E-state index is 12.9. The molecule has 0 aliphatic carbocycles. The van der Waals surface area contributed by atoms with Gasteiger partial charge in [0, 0.05) is 23.6 Å². The largest absolute Gasteiger partial charge is 0.313 e. The van der Waals surface area contributed by atoms with Gasteiger partial charge in [0.1, 0.15) is 0 Å². The van der Waals surface area contributed by atoms with Crippen LogP contribution < -0.4 is 5.32 Å². The van der Waals surface area contributed by atoms with Gasteiger partial charge in [-0.1, -0.05) is 25.5 Å². The standard InChI is InChI=1S/C15H23BrN2O2S/c1-2-3-11-18(12-13-7-6-10-17-13)21(19,20)15-9-5-4-8-14(15)16/h4-5,8-9,13,17H,2-3,6-7,10-12H2,1H3. The Morgan fingerprint density at radius 1 is 1.38 bits per heavy atom. The van der Waals surface area contributed by atoms with E-state index in [0.29, 0.717) is 22.5 Å². The van der Waals surface area contributed by atoms with Gasteiger partial charge in [0.2, 0.25) is 10.0 Å². The van der Waals surface area contributed by atoms with Crippen molar-refractivity contribution in [3.05, 3.63) is 28.7 Å². The highest BCUT2D eigenvalue weighted by molar-refractivity contribution is 9.10. The summed E-state index contributed by atoms with van der Waals surface area (Å²) in [6.07, 6.45) is 4.05. The van der Waals surface area contributed by atoms with Gasteiger partial charge in [-0.05, 0) is 53.9 Å². The average molecular weight is 375 g/mol. The number of halogens is 1. The zero-order valence-corrected chi connectivity index (χ0v) is 14.8. The van der Waals surface area contributed by atoms with Crippen LogP contribution in [0.25, 0.3) is 0 Å². The number of sulfonamides is 1. The molecular formula is C15H23BrN2O2S. The molecule has 0 bridgehead atoms. The van der Waals surface area contributed by atoms with Crippen molar-refractivity contribution in [3.63, 3.8) is 0 Å². The highest BCUT2D eigenvalue weighted by Gasteiger charge is 2.29. The molecule has 0 aromatic heterocycles. The topological polar surface area (TPSA) is 49.4 Å². The van der Waals surface area contributed by atoms with Crippen molar-refractivity contribution in [1.82, 2.24) is 9.62 Å². The molecule has 1 atom stereocenters. The van der Waals surface area contributed by atoms with E-state index in [9.17, 15) is 8.42 Å². The summed E-state index contributed by atoms with van der Waals surface area (Å²) in [5.74, 6) is 0. The molecule has 1 unspecified atom stereocenters. The number of nitrogens with one attached hydrogen (secondary N) is 1. The first-order chi connectivity index (χ1) is 10.1. The molecule has 1 aliphatic rings. The van der Waals surface area contributed by atoms with Gasteiger partial charge in [0.15, 0.2) is 0 Å². The molecule has 1 fully saturated rings. The molecule has 1 saturated heterocycles. The lowest BCUT2D eigenvalue weighted by Crippen LogP contribution is -2.41. The molecule has 1 aliphatic heterocycles. The fourth-order valence-corrected chi connectivity index (χ4v) is 5.08. The van der Waals surface area contributed by atoms with E-state index >= 15 is 0 Å². The third kappa shape index (κ3) is 4.28. The Kier molecular flexibility index (Phi) is 6.22. The van der Waals surface area contributed by atoms with Crippen LogP contribution in [0.15, 0.2) is 33.6 Å². The van der Waals surface area contributed by atoms with Crippen LogP contribution >= 0.6 is 15.9 Å². The van der Waals surface area contributed by atoms with Crippen LogP contribution in [-0.4, -0.2) is 38.4 Å². The lowest BCUT2D eigenvalue weighted by Gasteiger charge is -2.25. The molecule has 21 heavy (non-hydrogen) atoms. The smallest absolute Gasteiger partial charge is 0.244 e. The van der Waals surface area contributed by atoms with Crippen molar-refractivity contribution < 1.29 is 8.42 Å². The van der Waals surface area contributed by atoms with Crippen molar-refractivity contribution in [2.24, 2.45) is 0 Å². The third-order valence-electron chi connectivity index (χ3n) is 3.80. The van der Waals surface area contributed by atoms with Crippen LogP contribution in [0.1, 0.15) is 32.6 Å². The van der Waals surface area contributed by atoms with Crippen molar-refractivity contribution >= 4 is 26.0 Å². The number of hydrogen-bond acceptors (Lipinski definition) is 3. The number of rotatable bonds is 7. The Bertz CT molecular complexity index is 557. The minimum atomic E-state index is -3.44. The second kappa shape index (κ2) is 7.72. The van der Waals surface area contributed by atoms with Crippen molar-refractivity contribution in [3.8, 4) is 0 Å². The van der Waals surface area contributed by atoms with Crippen molar-refractivity contribution in [2.45, 2.75) is 43.5 Å². The minimum Gasteiger partial charge on any atom is -0.313 e. The van der Waals surface area contributed by atoms with E-state index in [2.05, 4.69) is 28.2 Å². The summed E-state index contributed by atoms with van der Waals surface area (Å²) >= 11 is 3.36. The zero-order chi connectivity index (χ0) is 15.3. The molecule has 4 nitrogen and oxygen atoms in total. The fraction of sp³-hybridized carbons (Fsp3) is 0.600. The van der Waals surface area contributed by atoms with Crippen molar-refractivity contribution in [1.29, 1.82) is 0 Å². The molecular weight excluding hydrogens is 352 g/mol. The SMILES string of the molecule is CCCCN(CC1CCCN1)S(=O)(=O)c1ccccc1Br. The van der Waals surface area contributed by atoms with Crippen molar-refractivity contribution in [2.75, 3.05) is 19.6 Å². The highest BCUT2D eigenvalue weighted by atomic mass is 79.9. The van der Waals surface area contributed by atoms with E-state index < -0.39 is 10.0 Å². The molecule has 0 radical (unpaired) electrons. The molecule has 1 N–H and O–H groups in total. The Morgan fingerprint density at radius 3 is 2.76 bits per heavy atom. The van der Waals surface area contributed by atoms with Gasteiger partial charge in [-0.25, -0.2) is 8.42 Å². The Hall–Kier alpha value is -0.430. The van der Waals surface area contributed by atoms with E-state index in [-0.39, 0.29) is 6.04 Å². The predicted octanol–water partition coefficient (Wildman–Crippen LogP) is 2.99. The minimum absolute atomic E-state index is 0.277. The monoisotopic (exact) mass is 374 g/mol. The number of hydrogen-bond donors (Lipinski definition) is 1. The molecule has 1 aromatic carbocycles. The van der Waals surface area contributed by atoms with Crippen LogP contribution in [0.5, 0.6) is 0 Å². The van der Waals surface area contributed by atoms with Gasteiger partial charge in [0.25, 0.3) is 0 Å². The first-order valence-electron chi connectivity index (χ1n) is 7.53. The van der Waals surface area contributed by atoms with Crippen LogP contribution in [0.3, 0.4) is 0 Å². The normalized spacial score (nSPS) is 19.3. The van der Waals surface area contributed by atoms with Gasteiger partial charge >= 0.3 is 0 Å². The van der Waals surface area contributed by atoms with Gasteiger partial charge in [0.05, 0.1) is 4.90 Å². The van der Waals surface area contributed by atoms with E-state index in [1.807, 2.05) is 6.07 Å². The summed E-state index contributed by atoms with van der Waals surface area (Å²) < 4.78 is 28.1. The summed E-state index contributed by atoms with van der Waals surface area (Å²) in [4.78, 5) is 0.360. The lowest BCUT2D eigenvalue weighted by atomic mass is 10.2. The molecule has 6 heteroatoms. The molecule has 1 aromatic rings. The van der Waals surface area contributed by atoms with E-state index in [1.165, 1.54) is 0 Å². The summed E-state index contributed by atoms with van der Waals surface area (Å²) in [5.41, 5.74) is 0. The Balaban J connectivity index is 2.23. The van der Waals surface area contributed by atoms with Gasteiger partial charge in [-0.3, -0.25) is 0 Å². The lowest BCUT2D eigenvalue weighted by molar-refractivity contribution is 0.364. The Morgan fingerprint density at radius 2 is 2.14 bits per heavy atom. The summed E-state index contributed by atoms with van der Waals surface area (Å²) in [5, 5.41) is 3.38. The molecule has 1 heterocycles. The maximum Gasteiger partial charge on any atom is 0.244 e. The molecule has 118 valence electrons. The van der Waals surface area contributed by atoms with Crippen LogP contribution in [0.4, 0.5) is 0 Å². The zero-order valence-electron chi connectivity index (χ0n) is 12.4. The maximum absolute atomic E-state index is 12.9. The summed E-state index contributed by atoms with van der Waals surface area (Å²) in [6, 6.07) is 7.32. The third-order valence-corrected chi connectivity index (χ3v) is 6.68. The van der Waals surface area contributed by atoms with Gasteiger partial charge < -0.3 is 5.32 Å². The summed E-state index contributed by atoms with van der Waals surface area (Å²) in [6.45, 7) is 4.21. The first kappa shape index (κ1) is 16.9. The molecule has 0 spiro atoms. The number of nitrogens with zero attached hydrogens (tertiary/aromatic N) is 1. The quantitative estimate of drug-likeness (QED) is 0.797. The summed E-state index contributed by atoms with van der Waals surface area (Å²) in [7, 11) is -3.44. The number of unbranched alkanes of at least 4 members (excludes halogenated alkanes) is 1. The molecule has 0 amide bonds.